The first-order valence-electron chi connectivity index (χ1n) is 13.3. The van der Waals surface area contributed by atoms with Crippen molar-refractivity contribution in [1.29, 1.82) is 0 Å². The molecule has 1 fully saturated rings. The highest BCUT2D eigenvalue weighted by Crippen LogP contribution is 2.42. The molecule has 3 N–H and O–H groups in total. The number of benzene rings is 3. The summed E-state index contributed by atoms with van der Waals surface area (Å²) in [4.78, 5) is 13.5. The molecule has 0 aliphatic carbocycles. The standard InChI is InChI=1S/C32H39NO4/c1-23-24(2)29(16-15-25(23)22-31(35)36)30(34)14-9-19-33-20-17-28(18-21-33)32(37,26-10-5-3-6-11-26)27-12-7-4-8-13-27/h3-8,10-13,15-16,28,30,34,37H,9,14,17-22H2,1-2H3,(H,35,36). The minimum Gasteiger partial charge on any atom is -0.481 e. The van der Waals surface area contributed by atoms with Gasteiger partial charge in [0.15, 0.2) is 0 Å². The maximum atomic E-state index is 12.1. The van der Waals surface area contributed by atoms with E-state index in [1.807, 2.05) is 86.6 Å². The van der Waals surface area contributed by atoms with Crippen molar-refractivity contribution in [2.45, 2.75) is 57.7 Å². The van der Waals surface area contributed by atoms with Crippen molar-refractivity contribution < 1.29 is 20.1 Å². The number of carboxylic acid groups (broad SMARTS) is 1. The number of piperidine rings is 1. The van der Waals surface area contributed by atoms with Crippen LogP contribution in [0.1, 0.15) is 65.2 Å². The van der Waals surface area contributed by atoms with Gasteiger partial charge < -0.3 is 20.2 Å². The highest BCUT2D eigenvalue weighted by molar-refractivity contribution is 5.71. The van der Waals surface area contributed by atoms with E-state index < -0.39 is 17.7 Å². The number of carboxylic acids is 1. The second kappa shape index (κ2) is 12.0. The Morgan fingerprint density at radius 3 is 2.03 bits per heavy atom. The number of likely N-dealkylation sites (tertiary alicyclic amines) is 1. The van der Waals surface area contributed by atoms with Crippen molar-refractivity contribution >= 4 is 5.97 Å². The number of carbonyl (C=O) groups is 1. The molecule has 1 atom stereocenters. The predicted molar refractivity (Wildman–Crippen MR) is 146 cm³/mol. The molecule has 0 aromatic heterocycles. The summed E-state index contributed by atoms with van der Waals surface area (Å²) in [6, 6.07) is 23.8. The molecule has 5 nitrogen and oxygen atoms in total. The highest BCUT2D eigenvalue weighted by Gasteiger charge is 2.41. The summed E-state index contributed by atoms with van der Waals surface area (Å²) >= 11 is 0. The quantitative estimate of drug-likeness (QED) is 0.347. The van der Waals surface area contributed by atoms with Gasteiger partial charge in [-0.15, -0.1) is 0 Å². The lowest BCUT2D eigenvalue weighted by atomic mass is 9.72. The average molecular weight is 502 g/mol. The molecule has 37 heavy (non-hydrogen) atoms. The van der Waals surface area contributed by atoms with Crippen LogP contribution < -0.4 is 0 Å². The zero-order valence-corrected chi connectivity index (χ0v) is 21.9. The van der Waals surface area contributed by atoms with Crippen LogP contribution in [-0.2, 0) is 16.8 Å². The number of rotatable bonds is 10. The van der Waals surface area contributed by atoms with E-state index in [1.165, 1.54) is 0 Å². The first-order chi connectivity index (χ1) is 17.8. The summed E-state index contributed by atoms with van der Waals surface area (Å²) in [5.41, 5.74) is 4.51. The van der Waals surface area contributed by atoms with Crippen molar-refractivity contribution in [3.05, 3.63) is 106 Å². The van der Waals surface area contributed by atoms with Gasteiger partial charge in [-0.25, -0.2) is 0 Å². The molecule has 0 saturated carbocycles. The summed E-state index contributed by atoms with van der Waals surface area (Å²) in [6.07, 6.45) is 2.80. The van der Waals surface area contributed by atoms with Gasteiger partial charge >= 0.3 is 5.97 Å². The van der Waals surface area contributed by atoms with E-state index in [2.05, 4.69) is 4.90 Å². The minimum absolute atomic E-state index is 0.00265. The Labute approximate surface area is 220 Å². The highest BCUT2D eigenvalue weighted by atomic mass is 16.4. The van der Waals surface area contributed by atoms with E-state index in [0.29, 0.717) is 6.42 Å². The molecule has 5 heteroatoms. The molecule has 0 bridgehead atoms. The van der Waals surface area contributed by atoms with Gasteiger partial charge in [-0.1, -0.05) is 72.8 Å². The number of aliphatic hydroxyl groups excluding tert-OH is 1. The van der Waals surface area contributed by atoms with E-state index in [4.69, 9.17) is 5.11 Å². The Morgan fingerprint density at radius 1 is 0.919 bits per heavy atom. The monoisotopic (exact) mass is 501 g/mol. The zero-order valence-electron chi connectivity index (χ0n) is 21.9. The van der Waals surface area contributed by atoms with E-state index in [-0.39, 0.29) is 12.3 Å². The molecule has 0 amide bonds. The van der Waals surface area contributed by atoms with Crippen molar-refractivity contribution in [2.75, 3.05) is 19.6 Å². The average Bonchev–Trinajstić information content (AvgIpc) is 2.92. The van der Waals surface area contributed by atoms with Crippen molar-refractivity contribution in [3.8, 4) is 0 Å². The number of nitrogens with zero attached hydrogens (tertiary/aromatic N) is 1. The fraction of sp³-hybridized carbons (Fsp3) is 0.406. The molecule has 1 heterocycles. The topological polar surface area (TPSA) is 81.0 Å². The van der Waals surface area contributed by atoms with Crippen LogP contribution in [0.15, 0.2) is 72.8 Å². The summed E-state index contributed by atoms with van der Waals surface area (Å²) in [6.45, 7) is 6.65. The molecule has 1 aliphatic heterocycles. The Hall–Kier alpha value is -2.99. The molecule has 0 spiro atoms. The lowest BCUT2D eigenvalue weighted by Gasteiger charge is -2.42. The van der Waals surface area contributed by atoms with Crippen LogP contribution in [0.2, 0.25) is 0 Å². The largest absolute Gasteiger partial charge is 0.481 e. The molecule has 1 aliphatic rings. The summed E-state index contributed by atoms with van der Waals surface area (Å²) in [5, 5.41) is 32.0. The van der Waals surface area contributed by atoms with Gasteiger partial charge in [-0.2, -0.15) is 0 Å². The maximum Gasteiger partial charge on any atom is 0.307 e. The second-order valence-corrected chi connectivity index (χ2v) is 10.4. The number of hydrogen-bond donors (Lipinski definition) is 3. The molecule has 1 unspecified atom stereocenters. The van der Waals surface area contributed by atoms with E-state index >= 15 is 0 Å². The first kappa shape index (κ1) is 27.1. The maximum absolute atomic E-state index is 12.1. The fourth-order valence-corrected chi connectivity index (χ4v) is 5.87. The van der Waals surface area contributed by atoms with Gasteiger partial charge in [-0.3, -0.25) is 4.79 Å². The van der Waals surface area contributed by atoms with Crippen LogP contribution in [0.25, 0.3) is 0 Å². The summed E-state index contributed by atoms with van der Waals surface area (Å²) in [7, 11) is 0. The predicted octanol–water partition coefficient (Wildman–Crippen LogP) is 5.39. The molecule has 196 valence electrons. The first-order valence-corrected chi connectivity index (χ1v) is 13.3. The summed E-state index contributed by atoms with van der Waals surface area (Å²) < 4.78 is 0. The smallest absolute Gasteiger partial charge is 0.307 e. The van der Waals surface area contributed by atoms with Crippen LogP contribution in [0, 0.1) is 19.8 Å². The van der Waals surface area contributed by atoms with E-state index in [9.17, 15) is 15.0 Å². The lowest BCUT2D eigenvalue weighted by Crippen LogP contribution is -2.44. The zero-order chi connectivity index (χ0) is 26.4. The molecule has 3 aromatic rings. The normalized spacial score (nSPS) is 16.0. The van der Waals surface area contributed by atoms with Crippen LogP contribution in [0.5, 0.6) is 0 Å². The third-order valence-electron chi connectivity index (χ3n) is 8.20. The van der Waals surface area contributed by atoms with Gasteiger partial charge in [0, 0.05) is 0 Å². The molecule has 4 rings (SSSR count). The lowest BCUT2D eigenvalue weighted by molar-refractivity contribution is -0.136. The number of aliphatic carboxylic acids is 1. The third-order valence-corrected chi connectivity index (χ3v) is 8.20. The van der Waals surface area contributed by atoms with Gasteiger partial charge in [0.1, 0.15) is 5.60 Å². The van der Waals surface area contributed by atoms with Gasteiger partial charge in [0.25, 0.3) is 0 Å². The van der Waals surface area contributed by atoms with E-state index in [0.717, 1.165) is 72.3 Å². The van der Waals surface area contributed by atoms with Crippen LogP contribution in [0.3, 0.4) is 0 Å². The molecular formula is C32H39NO4. The van der Waals surface area contributed by atoms with Crippen LogP contribution in [-0.4, -0.2) is 45.8 Å². The minimum atomic E-state index is -1.01. The van der Waals surface area contributed by atoms with Gasteiger partial charge in [0.2, 0.25) is 0 Å². The molecule has 1 saturated heterocycles. The Balaban J connectivity index is 1.34. The van der Waals surface area contributed by atoms with Crippen molar-refractivity contribution in [3.63, 3.8) is 0 Å². The molecule has 0 radical (unpaired) electrons. The van der Waals surface area contributed by atoms with Crippen LogP contribution >= 0.6 is 0 Å². The molecule has 3 aromatic carbocycles. The Kier molecular flexibility index (Phi) is 8.80. The van der Waals surface area contributed by atoms with Crippen molar-refractivity contribution in [2.24, 2.45) is 5.92 Å². The van der Waals surface area contributed by atoms with Gasteiger partial charge in [-0.05, 0) is 98.5 Å². The fourth-order valence-electron chi connectivity index (χ4n) is 5.87. The second-order valence-electron chi connectivity index (χ2n) is 10.4. The van der Waals surface area contributed by atoms with Crippen molar-refractivity contribution in [1.82, 2.24) is 4.90 Å². The Bertz CT molecular complexity index is 1130. The van der Waals surface area contributed by atoms with E-state index in [1.54, 1.807) is 0 Å². The molecular weight excluding hydrogens is 462 g/mol. The SMILES string of the molecule is Cc1c(CC(=O)O)ccc(C(O)CCCN2CCC(C(O)(c3ccccc3)c3ccccc3)CC2)c1C. The van der Waals surface area contributed by atoms with Gasteiger partial charge in [0.05, 0.1) is 12.5 Å². The number of hydrogen-bond acceptors (Lipinski definition) is 4. The Morgan fingerprint density at radius 2 is 1.49 bits per heavy atom. The summed E-state index contributed by atoms with van der Waals surface area (Å²) in [5.74, 6) is -0.709. The third kappa shape index (κ3) is 6.12. The van der Waals surface area contributed by atoms with Crippen LogP contribution in [0.4, 0.5) is 0 Å². The number of aliphatic hydroxyl groups is 2.